The second-order valence-corrected chi connectivity index (χ2v) is 34.9. The van der Waals surface area contributed by atoms with Gasteiger partial charge in [-0.25, -0.2) is 4.98 Å². The Labute approximate surface area is 773 Å². The Morgan fingerprint density at radius 2 is 1.09 bits per heavy atom. The van der Waals surface area contributed by atoms with Crippen molar-refractivity contribution in [1.82, 2.24) is 103 Å². The second kappa shape index (κ2) is 50.6. The average molecular weight is 1870 g/mol. The van der Waals surface area contributed by atoms with Crippen LogP contribution in [0.3, 0.4) is 0 Å². The van der Waals surface area contributed by atoms with Crippen LogP contribution in [0.2, 0.25) is 0 Å². The Morgan fingerprint density at radius 3 is 1.68 bits per heavy atom. The van der Waals surface area contributed by atoms with Gasteiger partial charge in [0, 0.05) is 119 Å². The number of phenols is 1. The lowest BCUT2D eigenvalue weighted by Gasteiger charge is -2.36. The number of carbonyl (C=O) groups excluding carboxylic acids is 17. The molecule has 43 nitrogen and oxygen atoms in total. The summed E-state index contributed by atoms with van der Waals surface area (Å²) in [5, 5.41) is 59.5. The molecule has 0 unspecified atom stereocenters. The van der Waals surface area contributed by atoms with Crippen molar-refractivity contribution in [3.63, 3.8) is 0 Å². The number of benzene rings is 3. The molecule has 722 valence electrons. The number of hydrogen-bond acceptors (Lipinski definition) is 22. The predicted molar refractivity (Wildman–Crippen MR) is 491 cm³/mol. The summed E-state index contributed by atoms with van der Waals surface area (Å²) in [7, 11) is 5.19. The number of para-hydroxylation sites is 2. The third kappa shape index (κ3) is 30.4. The topological polar surface area (TPSA) is 641 Å². The summed E-state index contributed by atoms with van der Waals surface area (Å²) in [6.07, 6.45) is 5.72. The van der Waals surface area contributed by atoms with E-state index in [0.29, 0.717) is 69.9 Å². The standard InChI is InChI=1S/C89H126N24O19S/c1-10-12-25-69-82(126)102-60(24-18-32-95-89(92)93)78(122)108-68(77(121)98-43-73(91)117)46-133-47-75(119)101-64(35-51-28-30-55(115)31-29-51)85(129)110(7)50(5)76(120)104-66(39-72(90)116)87(131)113-33-19-27-70(113)83(127)103-62(38-54-42-94-48-99-54)80(124)105-63(34-49(3)4)84(128)109(6)44-74(118)100-61(36-52-40-96-58-22-16-14-20-56(52)58)79(123)107-67(45-114)81(125)106-65(37-53-41-97-59-23-17-15-21-57(53)59)86(130)112(9)71(26-13-11-2)88(132)111(69)8/h14-17,20-23,28-31,40-42,48-50,60-71,96-97,114-115H,10-13,18-19,24-27,32-39,43-47H2,1-9H3,(H2,90,116)(H2,91,117)(H,94,99)(H,98,121)(H,100,118)(H,101,119)(H,102,126)(H,103,127)(H,104,120)(H,105,124)(H,106,125)(H,107,123)(H,108,122)(H4,92,93,95)/t50-,60-,61-,62-,63-,64-,65-,66-,67-,68-,69-,70-,71-/m0/s1. The highest BCUT2D eigenvalue weighted by Gasteiger charge is 2.44. The smallest absolute Gasteiger partial charge is 0.246 e. The largest absolute Gasteiger partial charge is 0.508 e. The predicted octanol–water partition coefficient (Wildman–Crippen LogP) is -2.43. The van der Waals surface area contributed by atoms with Gasteiger partial charge >= 0.3 is 0 Å². The number of nitrogens with one attached hydrogen (secondary N) is 15. The maximum Gasteiger partial charge on any atom is 0.246 e. The lowest BCUT2D eigenvalue weighted by molar-refractivity contribution is -0.149. The van der Waals surface area contributed by atoms with Crippen LogP contribution in [-0.2, 0) is 107 Å². The van der Waals surface area contributed by atoms with Gasteiger partial charge in [0.15, 0.2) is 5.96 Å². The third-order valence-corrected chi connectivity index (χ3v) is 24.3. The Hall–Kier alpha value is -13.7. The van der Waals surface area contributed by atoms with Gasteiger partial charge < -0.3 is 125 Å². The number of aliphatic hydroxyl groups excluding tert-OH is 1. The van der Waals surface area contributed by atoms with Crippen LogP contribution in [0.1, 0.15) is 134 Å². The molecule has 0 saturated carbocycles. The van der Waals surface area contributed by atoms with Gasteiger partial charge in [-0.05, 0) is 98.7 Å². The lowest BCUT2D eigenvalue weighted by atomic mass is 10.00. The minimum atomic E-state index is -1.86. The van der Waals surface area contributed by atoms with E-state index >= 15 is 24.0 Å². The van der Waals surface area contributed by atoms with Crippen molar-refractivity contribution in [2.75, 3.05) is 72.5 Å². The summed E-state index contributed by atoms with van der Waals surface area (Å²) in [6.45, 7) is 5.82. The normalized spacial score (nSPS) is 23.4. The zero-order valence-corrected chi connectivity index (χ0v) is 77.1. The molecule has 8 rings (SSSR count). The van der Waals surface area contributed by atoms with Gasteiger partial charge in [-0.1, -0.05) is 102 Å². The molecule has 0 spiro atoms. The highest BCUT2D eigenvalue weighted by molar-refractivity contribution is 8.00. The van der Waals surface area contributed by atoms with E-state index in [-0.39, 0.29) is 95.4 Å². The Morgan fingerprint density at radius 1 is 0.549 bits per heavy atom. The van der Waals surface area contributed by atoms with E-state index in [9.17, 15) is 67.7 Å². The number of nitrogens with zero attached hydrogens (tertiary/aromatic N) is 6. The molecule has 44 heteroatoms. The van der Waals surface area contributed by atoms with Crippen molar-refractivity contribution in [1.29, 1.82) is 5.41 Å². The lowest BCUT2D eigenvalue weighted by Crippen LogP contribution is -2.61. The van der Waals surface area contributed by atoms with Gasteiger partial charge in [-0.2, -0.15) is 0 Å². The number of rotatable bonds is 26. The third-order valence-electron chi connectivity index (χ3n) is 23.2. The van der Waals surface area contributed by atoms with Crippen molar-refractivity contribution in [2.24, 2.45) is 23.1 Å². The van der Waals surface area contributed by atoms with Crippen LogP contribution < -0.4 is 75.7 Å². The summed E-state index contributed by atoms with van der Waals surface area (Å²) in [5.74, 6) is -17.7. The fraction of sp³-hybridized carbons (Fsp3) is 0.517. The number of H-pyrrole nitrogens is 3. The number of primary amides is 2. The monoisotopic (exact) mass is 1870 g/mol. The first kappa shape index (κ1) is 105. The molecule has 2 fully saturated rings. The van der Waals surface area contributed by atoms with E-state index in [1.165, 1.54) is 71.9 Å². The highest BCUT2D eigenvalue weighted by atomic mass is 32.2. The average Bonchev–Trinajstić information content (AvgIpc) is 1.81. The number of thioether (sulfide) groups is 1. The number of fused-ring (bicyclic) bond motifs is 3. The molecule has 6 aromatic rings. The molecular weight excluding hydrogens is 1740 g/mol. The van der Waals surface area contributed by atoms with E-state index in [0.717, 1.165) is 36.3 Å². The molecule has 3 aromatic carbocycles. The van der Waals surface area contributed by atoms with Crippen LogP contribution in [0.5, 0.6) is 5.75 Å². The van der Waals surface area contributed by atoms with Gasteiger partial charge in [0.2, 0.25) is 100 Å². The molecule has 133 heavy (non-hydrogen) atoms. The highest BCUT2D eigenvalue weighted by Crippen LogP contribution is 2.26. The minimum absolute atomic E-state index is 0.000342. The molecule has 2 saturated heterocycles. The number of carbonyl (C=O) groups is 17. The number of aromatic amines is 3. The zero-order valence-electron chi connectivity index (χ0n) is 76.2. The molecular formula is C89H126N24O19S. The number of guanidine groups is 1. The quantitative estimate of drug-likeness (QED) is 0.0152. The molecule has 0 aliphatic carbocycles. The number of amides is 17. The summed E-state index contributed by atoms with van der Waals surface area (Å²) in [4.78, 5) is 267. The van der Waals surface area contributed by atoms with E-state index in [1.54, 1.807) is 74.8 Å². The number of imidazole rings is 1. The molecule has 5 heterocycles. The zero-order chi connectivity index (χ0) is 97.4. The number of phenolic OH excluding ortho intramolecular Hbond substituents is 1. The number of aliphatic hydroxyl groups is 1. The fourth-order valence-electron chi connectivity index (χ4n) is 15.8. The fourth-order valence-corrected chi connectivity index (χ4v) is 16.7. The molecule has 23 N–H and O–H groups in total. The Kier molecular flexibility index (Phi) is 39.9. The van der Waals surface area contributed by atoms with Crippen LogP contribution in [0, 0.1) is 11.3 Å². The minimum Gasteiger partial charge on any atom is -0.508 e. The van der Waals surface area contributed by atoms with E-state index in [4.69, 9.17) is 22.6 Å². The van der Waals surface area contributed by atoms with Crippen molar-refractivity contribution in [3.8, 4) is 5.75 Å². The number of unbranched alkanes of at least 4 members (excludes halogenated alkanes) is 2. The maximum absolute atomic E-state index is 15.7. The Bertz CT molecular complexity index is 5110. The SMILES string of the molecule is CCCC[C@H]1C(=O)N(C)[C@@H](CCCC)C(=O)N[C@@H](CCCNC(=N)N)C(=O)N[C@H](C(=O)NCC(N)=O)CSCC(=O)N[C@@H](Cc2ccc(O)cc2)C(=O)N(C)[C@@H](C)C(=O)N[C@@H](CC(N)=O)C(=O)N2CCC[C@H]2C(=O)N[C@@H](Cc2cnc[nH]2)C(=O)N[C@@H](CC(C)C)C(=O)N(C)CC(=O)N[C@@H](Cc2c[nH]c3ccccc23)C(=O)N[C@@H](CO)C(=O)N[C@@H](Cc2c[nH]c3ccccc23)C(=O)N1C. The number of aromatic hydroxyl groups is 1. The van der Waals surface area contributed by atoms with Crippen LogP contribution in [0.4, 0.5) is 0 Å². The molecule has 13 atom stereocenters. The molecule has 2 aliphatic rings. The Balaban J connectivity index is 1.18. The van der Waals surface area contributed by atoms with Crippen molar-refractivity contribution in [3.05, 3.63) is 120 Å². The van der Waals surface area contributed by atoms with Crippen LogP contribution in [-0.4, -0.2) is 312 Å². The number of nitrogens with two attached hydrogens (primary N) is 3. The van der Waals surface area contributed by atoms with Crippen molar-refractivity contribution >= 4 is 140 Å². The first-order valence-electron chi connectivity index (χ1n) is 44.3. The second-order valence-electron chi connectivity index (χ2n) is 33.8. The van der Waals surface area contributed by atoms with E-state index in [2.05, 4.69) is 78.4 Å². The van der Waals surface area contributed by atoms with E-state index < -0.39 is 223 Å². The van der Waals surface area contributed by atoms with Crippen molar-refractivity contribution in [2.45, 2.75) is 216 Å². The number of aromatic nitrogens is 4. The number of hydrogen-bond donors (Lipinski definition) is 20. The van der Waals surface area contributed by atoms with Gasteiger partial charge in [-0.15, -0.1) is 11.8 Å². The summed E-state index contributed by atoms with van der Waals surface area (Å²) < 4.78 is 0. The summed E-state index contributed by atoms with van der Waals surface area (Å²) in [5.41, 5.74) is 19.8. The first-order valence-corrected chi connectivity index (χ1v) is 45.5. The molecule has 0 bridgehead atoms. The molecule has 3 aromatic heterocycles. The van der Waals surface area contributed by atoms with Gasteiger partial charge in [-0.3, -0.25) is 86.9 Å². The van der Waals surface area contributed by atoms with Gasteiger partial charge in [0.1, 0.15) is 84.3 Å². The summed E-state index contributed by atoms with van der Waals surface area (Å²) in [6, 6.07) is -0.261. The number of likely N-dealkylation sites (N-methyl/N-ethyl adjacent to an activating group) is 4. The van der Waals surface area contributed by atoms with Crippen LogP contribution in [0.15, 0.2) is 97.7 Å². The van der Waals surface area contributed by atoms with E-state index in [1.807, 2.05) is 13.8 Å². The molecule has 2 aliphatic heterocycles. The van der Waals surface area contributed by atoms with Gasteiger partial charge in [0.05, 0.1) is 38.2 Å². The van der Waals surface area contributed by atoms with Crippen molar-refractivity contribution < 1.29 is 91.7 Å². The van der Waals surface area contributed by atoms with Crippen LogP contribution >= 0.6 is 11.8 Å². The van der Waals surface area contributed by atoms with Crippen LogP contribution in [0.25, 0.3) is 21.8 Å². The molecule has 0 radical (unpaired) electrons. The summed E-state index contributed by atoms with van der Waals surface area (Å²) >= 11 is 0.764. The first-order chi connectivity index (χ1) is 63.3. The maximum atomic E-state index is 15.7. The van der Waals surface area contributed by atoms with Gasteiger partial charge in [0.25, 0.3) is 0 Å². The molecule has 17 amide bonds.